The molecule has 2 saturated carbocycles. The summed E-state index contributed by atoms with van der Waals surface area (Å²) < 4.78 is 47.0. The molecule has 2 aromatic heterocycles. The van der Waals surface area contributed by atoms with Gasteiger partial charge in [-0.1, -0.05) is 12.8 Å². The standard InChI is InChI=1S/C21H26F3N7O/c1-11(2)31-19(29-20-27-9-15(18(26)28-20)21(22,23)24)17(32-10-12-5-3-4-6-12)16(30-31)14-7-13(14)8-25/h9,11-14H,3-7,10H2,1-2H3,(H3,26,27,28,29)/t13?,14-/m0/s1. The number of hydrogen-bond donors (Lipinski definition) is 2. The summed E-state index contributed by atoms with van der Waals surface area (Å²) in [5, 5.41) is 17.0. The van der Waals surface area contributed by atoms with Gasteiger partial charge in [0.25, 0.3) is 0 Å². The van der Waals surface area contributed by atoms with Gasteiger partial charge in [0.2, 0.25) is 5.95 Å². The highest BCUT2D eigenvalue weighted by atomic mass is 19.4. The molecule has 2 aromatic rings. The molecule has 4 rings (SSSR count). The van der Waals surface area contributed by atoms with Crippen LogP contribution in [0.4, 0.5) is 30.8 Å². The lowest BCUT2D eigenvalue weighted by atomic mass is 10.1. The van der Waals surface area contributed by atoms with Gasteiger partial charge in [0, 0.05) is 18.2 Å². The molecule has 2 atom stereocenters. The number of nitrogens with two attached hydrogens (primary N) is 1. The second kappa shape index (κ2) is 8.48. The van der Waals surface area contributed by atoms with Gasteiger partial charge >= 0.3 is 6.18 Å². The van der Waals surface area contributed by atoms with Crippen molar-refractivity contribution in [1.82, 2.24) is 19.7 Å². The Morgan fingerprint density at radius 3 is 2.62 bits per heavy atom. The van der Waals surface area contributed by atoms with Crippen molar-refractivity contribution in [2.45, 2.75) is 64.1 Å². The quantitative estimate of drug-likeness (QED) is 0.624. The summed E-state index contributed by atoms with van der Waals surface area (Å²) in [4.78, 5) is 7.61. The van der Waals surface area contributed by atoms with Crippen molar-refractivity contribution in [3.05, 3.63) is 17.5 Å². The molecule has 2 aliphatic carbocycles. The van der Waals surface area contributed by atoms with Crippen LogP contribution in [0.25, 0.3) is 0 Å². The summed E-state index contributed by atoms with van der Waals surface area (Å²) in [6.07, 6.45) is 1.27. The molecular formula is C21H26F3N7O. The second-order valence-electron chi connectivity index (χ2n) is 8.76. The molecule has 2 heterocycles. The molecule has 8 nitrogen and oxygen atoms in total. The van der Waals surface area contributed by atoms with Crippen LogP contribution in [0.1, 0.15) is 69.2 Å². The molecule has 1 unspecified atom stereocenters. The van der Waals surface area contributed by atoms with Gasteiger partial charge in [0.05, 0.1) is 18.6 Å². The van der Waals surface area contributed by atoms with Crippen molar-refractivity contribution in [3.63, 3.8) is 0 Å². The predicted octanol–water partition coefficient (Wildman–Crippen LogP) is 4.79. The minimum Gasteiger partial charge on any atom is -0.488 e. The van der Waals surface area contributed by atoms with Gasteiger partial charge < -0.3 is 15.8 Å². The van der Waals surface area contributed by atoms with Crippen LogP contribution >= 0.6 is 0 Å². The zero-order valence-electron chi connectivity index (χ0n) is 18.0. The highest BCUT2D eigenvalue weighted by Gasteiger charge is 2.44. The molecule has 0 spiro atoms. The van der Waals surface area contributed by atoms with Gasteiger partial charge in [0.1, 0.15) is 17.1 Å². The van der Waals surface area contributed by atoms with Crippen LogP contribution in [0.15, 0.2) is 6.20 Å². The van der Waals surface area contributed by atoms with Crippen molar-refractivity contribution >= 4 is 17.6 Å². The lowest BCUT2D eigenvalue weighted by Crippen LogP contribution is -2.14. The summed E-state index contributed by atoms with van der Waals surface area (Å²) >= 11 is 0. The fraction of sp³-hybridized carbons (Fsp3) is 0.619. The van der Waals surface area contributed by atoms with E-state index >= 15 is 0 Å². The summed E-state index contributed by atoms with van der Waals surface area (Å²) in [6.45, 7) is 4.38. The van der Waals surface area contributed by atoms with E-state index in [4.69, 9.17) is 15.6 Å². The van der Waals surface area contributed by atoms with E-state index in [1.807, 2.05) is 13.8 Å². The van der Waals surface area contributed by atoms with E-state index in [9.17, 15) is 18.4 Å². The van der Waals surface area contributed by atoms with Crippen LogP contribution in [0.5, 0.6) is 5.75 Å². The van der Waals surface area contributed by atoms with Crippen LogP contribution in [-0.4, -0.2) is 26.4 Å². The van der Waals surface area contributed by atoms with E-state index in [-0.39, 0.29) is 23.8 Å². The SMILES string of the molecule is CC(C)n1nc([C@H]2CC2C#N)c(OCC2CCCC2)c1Nc1ncc(C(F)(F)F)c(N)n1. The number of ether oxygens (including phenoxy) is 1. The number of anilines is 3. The molecule has 2 aliphatic rings. The van der Waals surface area contributed by atoms with Gasteiger partial charge in [0.15, 0.2) is 11.6 Å². The Balaban J connectivity index is 1.69. The number of rotatable bonds is 7. The lowest BCUT2D eigenvalue weighted by Gasteiger charge is -2.16. The second-order valence-corrected chi connectivity index (χ2v) is 8.76. The molecule has 2 fully saturated rings. The number of nitrogens with zero attached hydrogens (tertiary/aromatic N) is 5. The third-order valence-electron chi connectivity index (χ3n) is 5.98. The minimum absolute atomic E-state index is 0.0299. The third-order valence-corrected chi connectivity index (χ3v) is 5.98. The number of nitrogens with one attached hydrogen (secondary N) is 1. The van der Waals surface area contributed by atoms with Gasteiger partial charge in [-0.2, -0.15) is 28.5 Å². The largest absolute Gasteiger partial charge is 0.488 e. The molecule has 0 aliphatic heterocycles. The Hall–Kier alpha value is -3.03. The van der Waals surface area contributed by atoms with Crippen molar-refractivity contribution in [3.8, 4) is 11.8 Å². The van der Waals surface area contributed by atoms with E-state index in [1.165, 1.54) is 12.8 Å². The van der Waals surface area contributed by atoms with Crippen LogP contribution < -0.4 is 15.8 Å². The third kappa shape index (κ3) is 4.45. The van der Waals surface area contributed by atoms with Crippen LogP contribution in [0.3, 0.4) is 0 Å². The zero-order chi connectivity index (χ0) is 23.0. The summed E-state index contributed by atoms with van der Waals surface area (Å²) in [5.41, 5.74) is 5.13. The molecule has 172 valence electrons. The lowest BCUT2D eigenvalue weighted by molar-refractivity contribution is -0.137. The molecule has 11 heteroatoms. The first-order chi connectivity index (χ1) is 15.2. The average molecular weight is 449 g/mol. The Labute approximate surface area is 184 Å². The van der Waals surface area contributed by atoms with E-state index in [0.717, 1.165) is 12.8 Å². The van der Waals surface area contributed by atoms with Crippen molar-refractivity contribution in [2.24, 2.45) is 11.8 Å². The Kier molecular flexibility index (Phi) is 5.88. The first-order valence-corrected chi connectivity index (χ1v) is 10.8. The van der Waals surface area contributed by atoms with Crippen LogP contribution in [-0.2, 0) is 6.18 Å². The molecule has 0 aromatic carbocycles. The minimum atomic E-state index is -4.64. The Morgan fingerprint density at radius 2 is 2.06 bits per heavy atom. The molecular weight excluding hydrogens is 423 g/mol. The summed E-state index contributed by atoms with van der Waals surface area (Å²) in [7, 11) is 0. The summed E-state index contributed by atoms with van der Waals surface area (Å²) in [5.74, 6) is 0.518. The first kappa shape index (κ1) is 22.2. The molecule has 0 amide bonds. The molecule has 0 saturated heterocycles. The highest BCUT2D eigenvalue weighted by molar-refractivity contribution is 5.63. The van der Waals surface area contributed by atoms with Crippen LogP contribution in [0.2, 0.25) is 0 Å². The predicted molar refractivity (Wildman–Crippen MR) is 111 cm³/mol. The normalized spacial score (nSPS) is 21.0. The number of nitrogen functional groups attached to an aromatic ring is 1. The fourth-order valence-corrected chi connectivity index (χ4v) is 4.11. The first-order valence-electron chi connectivity index (χ1n) is 10.8. The van der Waals surface area contributed by atoms with Gasteiger partial charge in [-0.3, -0.25) is 0 Å². The fourth-order valence-electron chi connectivity index (χ4n) is 4.11. The monoisotopic (exact) mass is 449 g/mol. The molecule has 3 N–H and O–H groups in total. The van der Waals surface area contributed by atoms with E-state index in [1.54, 1.807) is 4.68 Å². The summed E-state index contributed by atoms with van der Waals surface area (Å²) in [6, 6.07) is 2.20. The number of alkyl halides is 3. The maximum atomic E-state index is 13.0. The van der Waals surface area contributed by atoms with Gasteiger partial charge in [-0.05, 0) is 39.0 Å². The smallest absolute Gasteiger partial charge is 0.421 e. The topological polar surface area (TPSA) is 115 Å². The Bertz CT molecular complexity index is 1020. The number of halogens is 3. The van der Waals surface area contributed by atoms with Crippen molar-refractivity contribution in [2.75, 3.05) is 17.7 Å². The maximum absolute atomic E-state index is 13.0. The zero-order valence-corrected chi connectivity index (χ0v) is 18.0. The van der Waals surface area contributed by atoms with E-state index in [0.29, 0.717) is 42.4 Å². The van der Waals surface area contributed by atoms with Gasteiger partial charge in [-0.15, -0.1) is 0 Å². The number of hydrogen-bond acceptors (Lipinski definition) is 7. The Morgan fingerprint density at radius 1 is 1.34 bits per heavy atom. The number of aromatic nitrogens is 4. The molecule has 32 heavy (non-hydrogen) atoms. The average Bonchev–Trinajstić information content (AvgIpc) is 3.13. The van der Waals surface area contributed by atoms with Crippen molar-refractivity contribution < 1.29 is 17.9 Å². The maximum Gasteiger partial charge on any atom is 0.421 e. The van der Waals surface area contributed by atoms with Gasteiger partial charge in [-0.25, -0.2) is 9.67 Å². The van der Waals surface area contributed by atoms with Crippen LogP contribution in [0, 0.1) is 23.2 Å². The van der Waals surface area contributed by atoms with E-state index in [2.05, 4.69) is 21.4 Å². The number of nitriles is 1. The highest BCUT2D eigenvalue weighted by Crippen LogP contribution is 2.52. The van der Waals surface area contributed by atoms with Crippen molar-refractivity contribution in [1.29, 1.82) is 5.26 Å². The molecule has 0 bridgehead atoms. The molecule has 0 radical (unpaired) electrons. The van der Waals surface area contributed by atoms with E-state index < -0.39 is 17.6 Å².